The number of nitrogens with one attached hydrogen (secondary N) is 1. The Morgan fingerprint density at radius 2 is 1.80 bits per heavy atom. The third kappa shape index (κ3) is 3.50. The van der Waals surface area contributed by atoms with Gasteiger partial charge in [-0.15, -0.1) is 0 Å². The molecule has 1 N–H and O–H groups in total. The number of hydrogen-bond acceptors (Lipinski definition) is 1. The van der Waals surface area contributed by atoms with Gasteiger partial charge in [-0.2, -0.15) is 0 Å². The predicted molar refractivity (Wildman–Crippen MR) is 88.6 cm³/mol. The monoisotopic (exact) mass is 313 g/mol. The number of halogens is 2. The van der Waals surface area contributed by atoms with E-state index in [0.29, 0.717) is 5.92 Å². The van der Waals surface area contributed by atoms with E-state index in [1.54, 1.807) is 0 Å². The Morgan fingerprint density at radius 1 is 1.15 bits per heavy atom. The maximum Gasteiger partial charge on any atom is 0.0468 e. The maximum absolute atomic E-state index is 6.45. The third-order valence-corrected chi connectivity index (χ3v) is 5.31. The lowest BCUT2D eigenvalue weighted by atomic mass is 9.72. The van der Waals surface area contributed by atoms with Crippen LogP contribution < -0.4 is 5.32 Å². The van der Waals surface area contributed by atoms with Crippen molar-refractivity contribution in [2.24, 2.45) is 11.8 Å². The standard InChI is InChI=1S/C17H25Cl2N/c1-3-12-8-5-6-9-13(12)17(20-4-2)16-14(18)10-7-11-15(16)19/h7,10-13,17,20H,3-6,8-9H2,1-2H3. The van der Waals surface area contributed by atoms with Crippen LogP contribution in [0.4, 0.5) is 0 Å². The molecule has 0 saturated heterocycles. The minimum absolute atomic E-state index is 0.284. The summed E-state index contributed by atoms with van der Waals surface area (Å²) in [5, 5.41) is 5.24. The first-order valence-corrected chi connectivity index (χ1v) is 8.61. The van der Waals surface area contributed by atoms with Crippen molar-refractivity contribution in [2.45, 2.75) is 52.0 Å². The molecule has 3 atom stereocenters. The highest BCUT2D eigenvalue weighted by atomic mass is 35.5. The van der Waals surface area contributed by atoms with Crippen LogP contribution in [-0.2, 0) is 0 Å². The van der Waals surface area contributed by atoms with Crippen molar-refractivity contribution >= 4 is 23.2 Å². The summed E-state index contributed by atoms with van der Waals surface area (Å²) < 4.78 is 0. The summed E-state index contributed by atoms with van der Waals surface area (Å²) in [6.45, 7) is 5.40. The average molecular weight is 314 g/mol. The second-order valence-corrected chi connectivity index (χ2v) is 6.60. The molecule has 1 aromatic carbocycles. The van der Waals surface area contributed by atoms with Crippen LogP contribution in [0.2, 0.25) is 10.0 Å². The maximum atomic E-state index is 6.45. The Kier molecular flexibility index (Phi) is 6.20. The van der Waals surface area contributed by atoms with Crippen LogP contribution in [0.15, 0.2) is 18.2 Å². The summed E-state index contributed by atoms with van der Waals surface area (Å²) in [7, 11) is 0. The SMILES string of the molecule is CCNC(c1c(Cl)cccc1Cl)C1CCCCC1CC. The molecule has 0 spiro atoms. The van der Waals surface area contributed by atoms with E-state index in [0.717, 1.165) is 28.1 Å². The van der Waals surface area contributed by atoms with Crippen molar-refractivity contribution in [3.05, 3.63) is 33.8 Å². The lowest BCUT2D eigenvalue weighted by Gasteiger charge is -2.38. The summed E-state index contributed by atoms with van der Waals surface area (Å²) in [4.78, 5) is 0. The van der Waals surface area contributed by atoms with E-state index >= 15 is 0 Å². The molecule has 1 fully saturated rings. The van der Waals surface area contributed by atoms with Crippen LogP contribution in [0, 0.1) is 11.8 Å². The van der Waals surface area contributed by atoms with Gasteiger partial charge in [-0.05, 0) is 36.9 Å². The molecule has 0 heterocycles. The largest absolute Gasteiger partial charge is 0.310 e. The van der Waals surface area contributed by atoms with Crippen LogP contribution >= 0.6 is 23.2 Å². The van der Waals surface area contributed by atoms with Crippen LogP contribution in [0.5, 0.6) is 0 Å². The molecule has 0 amide bonds. The predicted octanol–water partition coefficient (Wildman–Crippen LogP) is 5.86. The minimum atomic E-state index is 0.284. The number of benzene rings is 1. The van der Waals surface area contributed by atoms with Gasteiger partial charge in [0.05, 0.1) is 0 Å². The summed E-state index contributed by atoms with van der Waals surface area (Å²) in [6, 6.07) is 6.12. The zero-order valence-corrected chi connectivity index (χ0v) is 14.0. The first kappa shape index (κ1) is 16.1. The summed E-state index contributed by atoms with van der Waals surface area (Å²) in [5.41, 5.74) is 1.10. The third-order valence-electron chi connectivity index (χ3n) is 4.66. The second kappa shape index (κ2) is 7.68. The van der Waals surface area contributed by atoms with E-state index in [-0.39, 0.29) is 6.04 Å². The normalized spacial score (nSPS) is 24.6. The van der Waals surface area contributed by atoms with E-state index in [1.807, 2.05) is 18.2 Å². The van der Waals surface area contributed by atoms with Crippen molar-refractivity contribution in [3.63, 3.8) is 0 Å². The number of rotatable bonds is 5. The topological polar surface area (TPSA) is 12.0 Å². The molecule has 0 bridgehead atoms. The second-order valence-electron chi connectivity index (χ2n) is 5.79. The highest BCUT2D eigenvalue weighted by Gasteiger charge is 2.33. The molecule has 0 aliphatic heterocycles. The van der Waals surface area contributed by atoms with Gasteiger partial charge in [0.2, 0.25) is 0 Å². The molecule has 1 aromatic rings. The van der Waals surface area contributed by atoms with Gasteiger partial charge in [0, 0.05) is 21.7 Å². The Balaban J connectivity index is 2.34. The van der Waals surface area contributed by atoms with Gasteiger partial charge in [0.25, 0.3) is 0 Å². The molecule has 112 valence electrons. The fourth-order valence-electron chi connectivity index (χ4n) is 3.68. The Morgan fingerprint density at radius 3 is 2.40 bits per heavy atom. The zero-order valence-electron chi connectivity index (χ0n) is 12.5. The molecule has 1 aliphatic rings. The van der Waals surface area contributed by atoms with Gasteiger partial charge in [-0.1, -0.05) is 68.8 Å². The van der Waals surface area contributed by atoms with Crippen molar-refractivity contribution in [2.75, 3.05) is 6.54 Å². The molecule has 1 saturated carbocycles. The summed E-state index contributed by atoms with van der Waals surface area (Å²) in [6.07, 6.45) is 6.55. The fourth-order valence-corrected chi connectivity index (χ4v) is 4.31. The molecular weight excluding hydrogens is 289 g/mol. The van der Waals surface area contributed by atoms with E-state index in [9.17, 15) is 0 Å². The Bertz CT molecular complexity index is 413. The van der Waals surface area contributed by atoms with Crippen molar-refractivity contribution in [1.82, 2.24) is 5.32 Å². The quantitative estimate of drug-likeness (QED) is 0.717. The van der Waals surface area contributed by atoms with Gasteiger partial charge in [0.1, 0.15) is 0 Å². The van der Waals surface area contributed by atoms with Crippen molar-refractivity contribution in [3.8, 4) is 0 Å². The molecule has 20 heavy (non-hydrogen) atoms. The summed E-state index contributed by atoms with van der Waals surface area (Å²) >= 11 is 12.9. The molecule has 1 nitrogen and oxygen atoms in total. The molecular formula is C17H25Cl2N. The fraction of sp³-hybridized carbons (Fsp3) is 0.647. The van der Waals surface area contributed by atoms with Gasteiger partial charge < -0.3 is 5.32 Å². The molecule has 3 unspecified atom stereocenters. The summed E-state index contributed by atoms with van der Waals surface area (Å²) in [5.74, 6) is 1.42. The van der Waals surface area contributed by atoms with E-state index in [4.69, 9.17) is 23.2 Å². The van der Waals surface area contributed by atoms with Crippen molar-refractivity contribution in [1.29, 1.82) is 0 Å². The number of hydrogen-bond donors (Lipinski definition) is 1. The first-order chi connectivity index (χ1) is 9.69. The highest BCUT2D eigenvalue weighted by molar-refractivity contribution is 6.36. The minimum Gasteiger partial charge on any atom is -0.310 e. The zero-order chi connectivity index (χ0) is 14.5. The van der Waals surface area contributed by atoms with Gasteiger partial charge >= 0.3 is 0 Å². The molecule has 0 radical (unpaired) electrons. The van der Waals surface area contributed by atoms with Crippen LogP contribution in [-0.4, -0.2) is 6.54 Å². The average Bonchev–Trinajstić information content (AvgIpc) is 2.46. The van der Waals surface area contributed by atoms with Gasteiger partial charge in [-0.3, -0.25) is 0 Å². The Labute approximate surface area is 133 Å². The van der Waals surface area contributed by atoms with Crippen LogP contribution in [0.25, 0.3) is 0 Å². The molecule has 3 heteroatoms. The van der Waals surface area contributed by atoms with Crippen LogP contribution in [0.3, 0.4) is 0 Å². The van der Waals surface area contributed by atoms with Crippen molar-refractivity contribution < 1.29 is 0 Å². The van der Waals surface area contributed by atoms with Gasteiger partial charge in [0.15, 0.2) is 0 Å². The smallest absolute Gasteiger partial charge is 0.0468 e. The molecule has 0 aromatic heterocycles. The van der Waals surface area contributed by atoms with Crippen LogP contribution in [0.1, 0.15) is 57.6 Å². The van der Waals surface area contributed by atoms with E-state index < -0.39 is 0 Å². The highest BCUT2D eigenvalue weighted by Crippen LogP contribution is 2.43. The van der Waals surface area contributed by atoms with Gasteiger partial charge in [-0.25, -0.2) is 0 Å². The molecule has 1 aliphatic carbocycles. The lowest BCUT2D eigenvalue weighted by molar-refractivity contribution is 0.177. The Hall–Kier alpha value is -0.240. The van der Waals surface area contributed by atoms with E-state index in [2.05, 4.69) is 19.2 Å². The molecule has 2 rings (SSSR count). The first-order valence-electron chi connectivity index (χ1n) is 7.86. The van der Waals surface area contributed by atoms with E-state index in [1.165, 1.54) is 32.1 Å². The lowest BCUT2D eigenvalue weighted by Crippen LogP contribution is -2.34.